The van der Waals surface area contributed by atoms with Gasteiger partial charge in [-0.3, -0.25) is 0 Å². The highest BCUT2D eigenvalue weighted by atomic mass is 35.5. The number of aromatic nitrogens is 4. The smallest absolute Gasteiger partial charge is 0.249 e. The van der Waals surface area contributed by atoms with Gasteiger partial charge in [0.2, 0.25) is 5.89 Å². The van der Waals surface area contributed by atoms with Crippen molar-refractivity contribution in [2.24, 2.45) is 0 Å². The second kappa shape index (κ2) is 6.50. The molecule has 5 nitrogen and oxygen atoms in total. The third-order valence-electron chi connectivity index (χ3n) is 3.59. The van der Waals surface area contributed by atoms with Gasteiger partial charge in [-0.1, -0.05) is 29.7 Å². The third kappa shape index (κ3) is 2.99. The molecule has 2 aromatic heterocycles. The Morgan fingerprint density at radius 2 is 2.22 bits per heavy atom. The van der Waals surface area contributed by atoms with E-state index < -0.39 is 5.82 Å². The Balaban J connectivity index is 2.00. The van der Waals surface area contributed by atoms with Crippen LogP contribution in [0.5, 0.6) is 0 Å². The van der Waals surface area contributed by atoms with E-state index in [-0.39, 0.29) is 11.6 Å². The van der Waals surface area contributed by atoms with Crippen molar-refractivity contribution in [3.8, 4) is 11.4 Å². The van der Waals surface area contributed by atoms with Crippen molar-refractivity contribution in [1.29, 1.82) is 0 Å². The van der Waals surface area contributed by atoms with E-state index in [9.17, 15) is 4.39 Å². The Hall–Kier alpha value is -2.21. The Bertz CT molecular complexity index is 794. The molecule has 0 aliphatic heterocycles. The first-order valence-electron chi connectivity index (χ1n) is 7.41. The monoisotopic (exact) mass is 334 g/mol. The van der Waals surface area contributed by atoms with Crippen LogP contribution in [0.15, 0.2) is 35.1 Å². The van der Waals surface area contributed by atoms with E-state index in [1.54, 1.807) is 29.1 Å². The Morgan fingerprint density at radius 3 is 2.96 bits per heavy atom. The van der Waals surface area contributed by atoms with Gasteiger partial charge in [-0.05, 0) is 25.5 Å². The lowest BCUT2D eigenvalue weighted by Gasteiger charge is -2.14. The van der Waals surface area contributed by atoms with E-state index in [2.05, 4.69) is 15.1 Å². The van der Waals surface area contributed by atoms with Crippen molar-refractivity contribution in [3.63, 3.8) is 0 Å². The van der Waals surface area contributed by atoms with Crippen molar-refractivity contribution in [2.75, 3.05) is 0 Å². The highest BCUT2D eigenvalue weighted by molar-refractivity contribution is 6.33. The van der Waals surface area contributed by atoms with E-state index >= 15 is 0 Å². The molecule has 0 radical (unpaired) electrons. The quantitative estimate of drug-likeness (QED) is 0.698. The normalized spacial score (nSPS) is 12.5. The van der Waals surface area contributed by atoms with Crippen LogP contribution in [0, 0.1) is 5.82 Å². The molecule has 0 aliphatic rings. The van der Waals surface area contributed by atoms with Crippen molar-refractivity contribution >= 4 is 11.6 Å². The van der Waals surface area contributed by atoms with Gasteiger partial charge < -0.3 is 9.09 Å². The van der Waals surface area contributed by atoms with Crippen LogP contribution in [0.25, 0.3) is 11.4 Å². The van der Waals surface area contributed by atoms with Gasteiger partial charge in [0, 0.05) is 18.8 Å². The third-order valence-corrected chi connectivity index (χ3v) is 3.90. The molecule has 0 N–H and O–H groups in total. The van der Waals surface area contributed by atoms with Gasteiger partial charge in [0.25, 0.3) is 0 Å². The lowest BCUT2D eigenvalue weighted by Crippen LogP contribution is -2.09. The summed E-state index contributed by atoms with van der Waals surface area (Å²) < 4.78 is 21.3. The molecule has 0 bridgehead atoms. The molecular weight excluding hydrogens is 319 g/mol. The summed E-state index contributed by atoms with van der Waals surface area (Å²) in [6.07, 6.45) is 5.03. The van der Waals surface area contributed by atoms with Gasteiger partial charge >= 0.3 is 0 Å². The summed E-state index contributed by atoms with van der Waals surface area (Å²) in [7, 11) is 0. The Labute approximate surface area is 138 Å². The minimum Gasteiger partial charge on any atom is -0.337 e. The fourth-order valence-corrected chi connectivity index (χ4v) is 2.66. The summed E-state index contributed by atoms with van der Waals surface area (Å²) in [6, 6.07) is 4.28. The Kier molecular flexibility index (Phi) is 4.43. The first-order valence-corrected chi connectivity index (χ1v) is 7.79. The number of hydrogen-bond donors (Lipinski definition) is 0. The molecule has 3 aromatic rings. The zero-order valence-corrected chi connectivity index (χ0v) is 13.6. The number of benzene rings is 1. The summed E-state index contributed by atoms with van der Waals surface area (Å²) in [5.74, 6) is 1.13. The molecule has 0 saturated heterocycles. The Morgan fingerprint density at radius 1 is 1.39 bits per heavy atom. The molecule has 2 heterocycles. The number of hydrogen-bond acceptors (Lipinski definition) is 4. The lowest BCUT2D eigenvalue weighted by atomic mass is 10.2. The maximum Gasteiger partial charge on any atom is 0.249 e. The first-order chi connectivity index (χ1) is 11.1. The van der Waals surface area contributed by atoms with E-state index in [1.165, 1.54) is 6.07 Å². The average Bonchev–Trinajstić information content (AvgIpc) is 3.16. The molecule has 1 aromatic carbocycles. The van der Waals surface area contributed by atoms with Gasteiger partial charge in [0.05, 0.1) is 10.6 Å². The van der Waals surface area contributed by atoms with E-state index in [4.69, 9.17) is 16.1 Å². The van der Waals surface area contributed by atoms with Crippen LogP contribution in [0.2, 0.25) is 5.02 Å². The number of halogens is 2. The molecule has 7 heteroatoms. The standard InChI is InChI=1S/C16H16ClFN4O/c1-3-5-13-20-16(23-21-13)10(2)22-9-8-19-15(22)14-11(17)6-4-7-12(14)18/h4,6-10H,3,5H2,1-2H3/t10-/m0/s1. The summed E-state index contributed by atoms with van der Waals surface area (Å²) in [6.45, 7) is 3.94. The number of rotatable bonds is 5. The maximum absolute atomic E-state index is 14.2. The molecular formula is C16H16ClFN4O. The minimum absolute atomic E-state index is 0.263. The summed E-state index contributed by atoms with van der Waals surface area (Å²) >= 11 is 6.14. The predicted octanol–water partition coefficient (Wildman–Crippen LogP) is 4.29. The van der Waals surface area contributed by atoms with Crippen LogP contribution in [0.1, 0.15) is 38.0 Å². The highest BCUT2D eigenvalue weighted by Gasteiger charge is 2.22. The average molecular weight is 335 g/mol. The van der Waals surface area contributed by atoms with Gasteiger partial charge in [-0.2, -0.15) is 4.98 Å². The van der Waals surface area contributed by atoms with Crippen molar-refractivity contribution in [3.05, 3.63) is 53.1 Å². The van der Waals surface area contributed by atoms with Gasteiger partial charge in [-0.15, -0.1) is 0 Å². The summed E-state index contributed by atoms with van der Waals surface area (Å²) in [5.41, 5.74) is 0.263. The van der Waals surface area contributed by atoms with Crippen LogP contribution in [0.3, 0.4) is 0 Å². The molecule has 0 aliphatic carbocycles. The lowest BCUT2D eigenvalue weighted by molar-refractivity contribution is 0.342. The second-order valence-electron chi connectivity index (χ2n) is 5.23. The van der Waals surface area contributed by atoms with Crippen LogP contribution >= 0.6 is 11.6 Å². The highest BCUT2D eigenvalue weighted by Crippen LogP contribution is 2.32. The first kappa shape index (κ1) is 15.7. The van der Waals surface area contributed by atoms with E-state index in [0.29, 0.717) is 22.6 Å². The molecule has 0 spiro atoms. The van der Waals surface area contributed by atoms with Crippen LogP contribution in [0.4, 0.5) is 4.39 Å². The van der Waals surface area contributed by atoms with Crippen molar-refractivity contribution < 1.29 is 8.91 Å². The minimum atomic E-state index is -0.422. The predicted molar refractivity (Wildman–Crippen MR) is 84.7 cm³/mol. The van der Waals surface area contributed by atoms with Gasteiger partial charge in [0.1, 0.15) is 17.7 Å². The molecule has 0 saturated carbocycles. The zero-order valence-electron chi connectivity index (χ0n) is 12.8. The fourth-order valence-electron chi connectivity index (χ4n) is 2.41. The molecule has 0 fully saturated rings. The molecule has 0 unspecified atom stereocenters. The summed E-state index contributed by atoms with van der Waals surface area (Å²) in [4.78, 5) is 8.63. The maximum atomic E-state index is 14.2. The van der Waals surface area contributed by atoms with E-state index in [0.717, 1.165) is 12.8 Å². The van der Waals surface area contributed by atoms with Gasteiger partial charge in [-0.25, -0.2) is 9.37 Å². The van der Waals surface area contributed by atoms with Gasteiger partial charge in [0.15, 0.2) is 5.82 Å². The largest absolute Gasteiger partial charge is 0.337 e. The number of aryl methyl sites for hydroxylation is 1. The van der Waals surface area contributed by atoms with E-state index in [1.807, 2.05) is 13.8 Å². The number of nitrogens with zero attached hydrogens (tertiary/aromatic N) is 4. The SMILES string of the molecule is CCCc1noc([C@H](C)n2ccnc2-c2c(F)cccc2Cl)n1. The fraction of sp³-hybridized carbons (Fsp3) is 0.312. The van der Waals surface area contributed by atoms with Crippen molar-refractivity contribution in [2.45, 2.75) is 32.7 Å². The summed E-state index contributed by atoms with van der Waals surface area (Å²) in [5, 5.41) is 4.26. The molecule has 3 rings (SSSR count). The number of imidazole rings is 1. The van der Waals surface area contributed by atoms with Crippen molar-refractivity contribution in [1.82, 2.24) is 19.7 Å². The van der Waals surface area contributed by atoms with Crippen LogP contribution in [-0.4, -0.2) is 19.7 Å². The van der Waals surface area contributed by atoms with Crippen LogP contribution in [-0.2, 0) is 6.42 Å². The molecule has 1 atom stereocenters. The molecule has 0 amide bonds. The molecule has 23 heavy (non-hydrogen) atoms. The zero-order chi connectivity index (χ0) is 16.4. The van der Waals surface area contributed by atoms with Crippen LogP contribution < -0.4 is 0 Å². The topological polar surface area (TPSA) is 56.7 Å². The second-order valence-corrected chi connectivity index (χ2v) is 5.64. The molecule has 120 valence electrons.